The molecule has 41 valence electrons. The Balaban J connectivity index is 2.12. The molecule has 1 unspecified atom stereocenters. The lowest BCUT2D eigenvalue weighted by molar-refractivity contribution is 0.563. The van der Waals surface area contributed by atoms with Crippen LogP contribution in [-0.2, 0) is 0 Å². The molecular formula is C5H9ClN. The molecule has 1 heterocycles. The van der Waals surface area contributed by atoms with Crippen LogP contribution >= 0.6 is 11.6 Å². The van der Waals surface area contributed by atoms with E-state index in [0.717, 1.165) is 13.0 Å². The van der Waals surface area contributed by atoms with Gasteiger partial charge in [-0.2, -0.15) is 0 Å². The molecule has 0 aromatic carbocycles. The molecule has 1 nitrogen and oxygen atoms in total. The summed E-state index contributed by atoms with van der Waals surface area (Å²) >= 11 is 5.67. The molecule has 0 bridgehead atoms. The van der Waals surface area contributed by atoms with Gasteiger partial charge in [-0.3, -0.25) is 0 Å². The van der Waals surface area contributed by atoms with Crippen LogP contribution in [0.1, 0.15) is 12.8 Å². The second kappa shape index (κ2) is 2.53. The van der Waals surface area contributed by atoms with Gasteiger partial charge in [0.15, 0.2) is 0 Å². The summed E-state index contributed by atoms with van der Waals surface area (Å²) in [6, 6.07) is 0. The van der Waals surface area contributed by atoms with E-state index in [-0.39, 0.29) is 5.50 Å². The van der Waals surface area contributed by atoms with E-state index in [1.807, 2.05) is 0 Å². The summed E-state index contributed by atoms with van der Waals surface area (Å²) in [7, 11) is 0. The molecule has 0 amide bonds. The maximum absolute atomic E-state index is 5.67. The maximum Gasteiger partial charge on any atom is 0.0828 e. The van der Waals surface area contributed by atoms with Crippen molar-refractivity contribution in [3.05, 3.63) is 6.42 Å². The normalized spacial score (nSPS) is 33.0. The molecule has 1 saturated heterocycles. The molecule has 1 fully saturated rings. The Bertz CT molecular complexity index is 50.0. The predicted octanol–water partition coefficient (Wildman–Crippen LogP) is 1.14. The number of rotatable bonds is 0. The number of hydrogen-bond acceptors (Lipinski definition) is 1. The van der Waals surface area contributed by atoms with Crippen molar-refractivity contribution in [2.75, 3.05) is 6.54 Å². The Morgan fingerprint density at radius 3 is 2.86 bits per heavy atom. The third-order valence-corrected chi connectivity index (χ3v) is 1.42. The lowest BCUT2D eigenvalue weighted by Gasteiger charge is -2.15. The monoisotopic (exact) mass is 118 g/mol. The molecule has 1 rings (SSSR count). The molecule has 1 aliphatic rings. The standard InChI is InChI=1S/C5H9ClN/c6-5-3-1-2-4-7-5/h1,5,7H,2-4H2. The summed E-state index contributed by atoms with van der Waals surface area (Å²) in [5.74, 6) is 0. The minimum absolute atomic E-state index is 0.203. The van der Waals surface area contributed by atoms with Crippen LogP contribution in [0.2, 0.25) is 0 Å². The highest BCUT2D eigenvalue weighted by Crippen LogP contribution is 2.07. The smallest absolute Gasteiger partial charge is 0.0828 e. The number of nitrogens with one attached hydrogen (secondary N) is 1. The molecule has 0 aliphatic carbocycles. The fourth-order valence-electron chi connectivity index (χ4n) is 0.690. The van der Waals surface area contributed by atoms with Crippen LogP contribution in [0.3, 0.4) is 0 Å². The van der Waals surface area contributed by atoms with Gasteiger partial charge >= 0.3 is 0 Å². The van der Waals surface area contributed by atoms with Crippen LogP contribution in [0, 0.1) is 6.42 Å². The van der Waals surface area contributed by atoms with Crippen LogP contribution in [0.15, 0.2) is 0 Å². The van der Waals surface area contributed by atoms with Gasteiger partial charge in [0, 0.05) is 0 Å². The fourth-order valence-corrected chi connectivity index (χ4v) is 0.925. The van der Waals surface area contributed by atoms with Gasteiger partial charge in [0.1, 0.15) is 0 Å². The highest BCUT2D eigenvalue weighted by atomic mass is 35.5. The van der Waals surface area contributed by atoms with Crippen LogP contribution in [0.25, 0.3) is 0 Å². The number of halogens is 1. The minimum atomic E-state index is 0.203. The second-order valence-corrected chi connectivity index (χ2v) is 2.26. The summed E-state index contributed by atoms with van der Waals surface area (Å²) in [6.45, 7) is 1.05. The van der Waals surface area contributed by atoms with Crippen LogP contribution < -0.4 is 5.32 Å². The topological polar surface area (TPSA) is 12.0 Å². The molecule has 7 heavy (non-hydrogen) atoms. The first kappa shape index (κ1) is 5.39. The van der Waals surface area contributed by atoms with Crippen molar-refractivity contribution >= 4 is 11.6 Å². The lowest BCUT2D eigenvalue weighted by atomic mass is 10.2. The molecule has 1 atom stereocenters. The van der Waals surface area contributed by atoms with Gasteiger partial charge < -0.3 is 5.32 Å². The van der Waals surface area contributed by atoms with E-state index in [4.69, 9.17) is 11.6 Å². The van der Waals surface area contributed by atoms with E-state index in [1.54, 1.807) is 0 Å². The van der Waals surface area contributed by atoms with E-state index >= 15 is 0 Å². The first-order valence-electron chi connectivity index (χ1n) is 2.59. The number of piperidine rings is 1. The van der Waals surface area contributed by atoms with Gasteiger partial charge in [0.2, 0.25) is 0 Å². The lowest BCUT2D eigenvalue weighted by Crippen LogP contribution is -2.29. The molecular weight excluding hydrogens is 110 g/mol. The van der Waals surface area contributed by atoms with E-state index in [2.05, 4.69) is 11.7 Å². The van der Waals surface area contributed by atoms with Crippen molar-refractivity contribution in [2.24, 2.45) is 0 Å². The van der Waals surface area contributed by atoms with Crippen molar-refractivity contribution in [1.82, 2.24) is 5.32 Å². The Kier molecular flexibility index (Phi) is 1.95. The Hall–Kier alpha value is 0.250. The second-order valence-electron chi connectivity index (χ2n) is 1.73. The molecule has 0 saturated carbocycles. The number of hydrogen-bond donors (Lipinski definition) is 1. The van der Waals surface area contributed by atoms with Crippen molar-refractivity contribution < 1.29 is 0 Å². The fraction of sp³-hybridized carbons (Fsp3) is 0.800. The maximum atomic E-state index is 5.67. The molecule has 0 spiro atoms. The molecule has 2 heteroatoms. The van der Waals surface area contributed by atoms with Crippen molar-refractivity contribution in [3.63, 3.8) is 0 Å². The number of alkyl halides is 1. The van der Waals surface area contributed by atoms with Gasteiger partial charge in [-0.05, 0) is 25.8 Å². The molecule has 0 aromatic rings. The van der Waals surface area contributed by atoms with Gasteiger partial charge in [0.25, 0.3) is 0 Å². The van der Waals surface area contributed by atoms with E-state index in [9.17, 15) is 0 Å². The minimum Gasteiger partial charge on any atom is -0.301 e. The summed E-state index contributed by atoms with van der Waals surface area (Å²) in [5, 5.41) is 3.12. The Morgan fingerprint density at radius 1 is 1.71 bits per heavy atom. The average Bonchev–Trinajstić information content (AvgIpc) is 1.69. The molecule has 1 aliphatic heterocycles. The van der Waals surface area contributed by atoms with Gasteiger partial charge in [-0.1, -0.05) is 0 Å². The van der Waals surface area contributed by atoms with E-state index < -0.39 is 0 Å². The first-order chi connectivity index (χ1) is 3.39. The SMILES string of the molecule is ClC1C[CH]CCN1. The van der Waals surface area contributed by atoms with Gasteiger partial charge in [-0.15, -0.1) is 11.6 Å². The summed E-state index contributed by atoms with van der Waals surface area (Å²) in [4.78, 5) is 0. The third kappa shape index (κ3) is 1.66. The van der Waals surface area contributed by atoms with Gasteiger partial charge in [0.05, 0.1) is 5.50 Å². The van der Waals surface area contributed by atoms with E-state index in [0.29, 0.717) is 0 Å². The highest BCUT2D eigenvalue weighted by Gasteiger charge is 2.06. The zero-order valence-electron chi connectivity index (χ0n) is 4.15. The average molecular weight is 119 g/mol. The zero-order valence-corrected chi connectivity index (χ0v) is 4.91. The quantitative estimate of drug-likeness (QED) is 0.372. The highest BCUT2D eigenvalue weighted by molar-refractivity contribution is 6.20. The van der Waals surface area contributed by atoms with Crippen molar-refractivity contribution in [2.45, 2.75) is 18.3 Å². The summed E-state index contributed by atoms with van der Waals surface area (Å²) in [6.07, 6.45) is 4.40. The molecule has 1 radical (unpaired) electrons. The van der Waals surface area contributed by atoms with Crippen molar-refractivity contribution in [3.8, 4) is 0 Å². The zero-order chi connectivity index (χ0) is 5.11. The summed E-state index contributed by atoms with van der Waals surface area (Å²) in [5.41, 5.74) is 0.203. The third-order valence-electron chi connectivity index (χ3n) is 1.09. The summed E-state index contributed by atoms with van der Waals surface area (Å²) < 4.78 is 0. The largest absolute Gasteiger partial charge is 0.301 e. The van der Waals surface area contributed by atoms with Gasteiger partial charge in [-0.25, -0.2) is 0 Å². The van der Waals surface area contributed by atoms with Crippen LogP contribution in [0.4, 0.5) is 0 Å². The first-order valence-corrected chi connectivity index (χ1v) is 3.02. The van der Waals surface area contributed by atoms with Crippen molar-refractivity contribution in [1.29, 1.82) is 0 Å². The Morgan fingerprint density at radius 2 is 2.57 bits per heavy atom. The van der Waals surface area contributed by atoms with Crippen LogP contribution in [0.5, 0.6) is 0 Å². The molecule has 1 N–H and O–H groups in total. The molecule has 0 aromatic heterocycles. The van der Waals surface area contributed by atoms with Crippen LogP contribution in [-0.4, -0.2) is 12.0 Å². The predicted molar refractivity (Wildman–Crippen MR) is 31.2 cm³/mol. The van der Waals surface area contributed by atoms with E-state index in [1.165, 1.54) is 6.42 Å². The Labute approximate surface area is 49.0 Å².